The van der Waals surface area contributed by atoms with Crippen molar-refractivity contribution in [3.05, 3.63) is 47.5 Å². The van der Waals surface area contributed by atoms with Crippen LogP contribution in [0.2, 0.25) is 0 Å². The van der Waals surface area contributed by atoms with Crippen LogP contribution >= 0.6 is 0 Å². The van der Waals surface area contributed by atoms with Crippen molar-refractivity contribution >= 4 is 17.3 Å². The average molecular weight is 272 g/mol. The van der Waals surface area contributed by atoms with Crippen LogP contribution in [0.25, 0.3) is 0 Å². The van der Waals surface area contributed by atoms with E-state index in [9.17, 15) is 15.0 Å². The summed E-state index contributed by atoms with van der Waals surface area (Å²) in [5, 5.41) is 24.6. The van der Waals surface area contributed by atoms with Gasteiger partial charge in [0, 0.05) is 24.5 Å². The zero-order chi connectivity index (χ0) is 14.7. The van der Waals surface area contributed by atoms with Gasteiger partial charge in [-0.05, 0) is 42.8 Å². The molecule has 0 spiro atoms. The van der Waals surface area contributed by atoms with Crippen LogP contribution in [0, 0.1) is 6.92 Å². The molecule has 20 heavy (non-hydrogen) atoms. The summed E-state index contributed by atoms with van der Waals surface area (Å²) in [4.78, 5) is 12.1. The number of nitrogens with one attached hydrogen (secondary N) is 2. The topological polar surface area (TPSA) is 81.6 Å². The predicted octanol–water partition coefficient (Wildman–Crippen LogP) is 2.70. The van der Waals surface area contributed by atoms with E-state index in [1.54, 1.807) is 6.07 Å². The molecule has 4 N–H and O–H groups in total. The Balaban J connectivity index is 2.23. The van der Waals surface area contributed by atoms with Crippen LogP contribution in [-0.4, -0.2) is 23.2 Å². The smallest absolute Gasteiger partial charge is 0.259 e. The molecule has 0 aliphatic heterocycles. The summed E-state index contributed by atoms with van der Waals surface area (Å²) in [6, 6.07) is 9.40. The third-order valence-electron chi connectivity index (χ3n) is 2.99. The van der Waals surface area contributed by atoms with E-state index in [-0.39, 0.29) is 17.1 Å². The molecule has 5 heteroatoms. The van der Waals surface area contributed by atoms with E-state index in [1.807, 2.05) is 26.1 Å². The van der Waals surface area contributed by atoms with E-state index in [1.165, 1.54) is 12.1 Å². The molecule has 2 rings (SSSR count). The van der Waals surface area contributed by atoms with Crippen LogP contribution in [0.15, 0.2) is 36.4 Å². The standard InChI is InChI=1S/C15H16N2O3/c1-9-7-10(16-2)3-6-13(9)17-15(20)12-5-4-11(18)8-14(12)19/h3-8,16,18-19H,1-2H3,(H,17,20). The minimum atomic E-state index is -0.428. The van der Waals surface area contributed by atoms with Gasteiger partial charge in [0.05, 0.1) is 5.56 Å². The van der Waals surface area contributed by atoms with E-state index >= 15 is 0 Å². The number of carbonyl (C=O) groups is 1. The van der Waals surface area contributed by atoms with Crippen molar-refractivity contribution in [3.63, 3.8) is 0 Å². The third kappa shape index (κ3) is 2.83. The van der Waals surface area contributed by atoms with Gasteiger partial charge in [0.25, 0.3) is 5.91 Å². The van der Waals surface area contributed by atoms with Crippen molar-refractivity contribution in [3.8, 4) is 11.5 Å². The highest BCUT2D eigenvalue weighted by molar-refractivity contribution is 6.06. The number of hydrogen-bond acceptors (Lipinski definition) is 4. The number of aromatic hydroxyl groups is 2. The van der Waals surface area contributed by atoms with Crippen LogP contribution in [0.3, 0.4) is 0 Å². The quantitative estimate of drug-likeness (QED) is 0.692. The lowest BCUT2D eigenvalue weighted by Crippen LogP contribution is -2.13. The molecule has 0 saturated carbocycles. The summed E-state index contributed by atoms with van der Waals surface area (Å²) < 4.78 is 0. The molecule has 0 saturated heterocycles. The fourth-order valence-electron chi connectivity index (χ4n) is 1.86. The maximum atomic E-state index is 12.1. The van der Waals surface area contributed by atoms with Crippen LogP contribution < -0.4 is 10.6 Å². The van der Waals surface area contributed by atoms with Crippen LogP contribution in [0.5, 0.6) is 11.5 Å². The van der Waals surface area contributed by atoms with Gasteiger partial charge in [-0.1, -0.05) is 0 Å². The van der Waals surface area contributed by atoms with Gasteiger partial charge in [-0.2, -0.15) is 0 Å². The van der Waals surface area contributed by atoms with Crippen LogP contribution in [-0.2, 0) is 0 Å². The predicted molar refractivity (Wildman–Crippen MR) is 78.5 cm³/mol. The molecule has 5 nitrogen and oxygen atoms in total. The Labute approximate surface area is 116 Å². The molecule has 0 aromatic heterocycles. The van der Waals surface area contributed by atoms with Crippen molar-refractivity contribution < 1.29 is 15.0 Å². The van der Waals surface area contributed by atoms with E-state index in [0.29, 0.717) is 5.69 Å². The fourth-order valence-corrected chi connectivity index (χ4v) is 1.86. The van der Waals surface area contributed by atoms with Gasteiger partial charge in [0.15, 0.2) is 0 Å². The van der Waals surface area contributed by atoms with Gasteiger partial charge in [-0.3, -0.25) is 4.79 Å². The summed E-state index contributed by atoms with van der Waals surface area (Å²) in [6.45, 7) is 1.88. The van der Waals surface area contributed by atoms with Crippen molar-refractivity contribution in [2.24, 2.45) is 0 Å². The van der Waals surface area contributed by atoms with Gasteiger partial charge in [0.2, 0.25) is 0 Å². The van der Waals surface area contributed by atoms with Gasteiger partial charge >= 0.3 is 0 Å². The zero-order valence-corrected chi connectivity index (χ0v) is 11.3. The molecule has 0 heterocycles. The lowest BCUT2D eigenvalue weighted by molar-refractivity contribution is 0.102. The lowest BCUT2D eigenvalue weighted by atomic mass is 10.1. The van der Waals surface area contributed by atoms with Gasteiger partial charge in [-0.25, -0.2) is 0 Å². The number of aryl methyl sites for hydroxylation is 1. The highest BCUT2D eigenvalue weighted by Gasteiger charge is 2.12. The Kier molecular flexibility index (Phi) is 3.79. The molecule has 0 radical (unpaired) electrons. The number of hydrogen-bond donors (Lipinski definition) is 4. The number of benzene rings is 2. The van der Waals surface area contributed by atoms with Crippen LogP contribution in [0.4, 0.5) is 11.4 Å². The number of rotatable bonds is 3. The molecule has 0 atom stereocenters. The first kappa shape index (κ1) is 13.7. The van der Waals surface area contributed by atoms with Gasteiger partial charge in [0.1, 0.15) is 11.5 Å². The van der Waals surface area contributed by atoms with E-state index < -0.39 is 5.91 Å². The number of anilines is 2. The second-order valence-electron chi connectivity index (χ2n) is 4.44. The Hall–Kier alpha value is -2.69. The summed E-state index contributed by atoms with van der Waals surface area (Å²) in [5.41, 5.74) is 2.64. The summed E-state index contributed by atoms with van der Waals surface area (Å²) >= 11 is 0. The number of phenols is 2. The fraction of sp³-hybridized carbons (Fsp3) is 0.133. The maximum Gasteiger partial charge on any atom is 0.259 e. The largest absolute Gasteiger partial charge is 0.508 e. The first-order valence-electron chi connectivity index (χ1n) is 6.13. The molecule has 104 valence electrons. The Morgan fingerprint density at radius 2 is 1.85 bits per heavy atom. The van der Waals surface area contributed by atoms with Gasteiger partial charge < -0.3 is 20.8 Å². The summed E-state index contributed by atoms with van der Waals surface area (Å²) in [7, 11) is 1.82. The first-order valence-corrected chi connectivity index (χ1v) is 6.13. The molecule has 1 amide bonds. The molecule has 0 aliphatic rings. The third-order valence-corrected chi connectivity index (χ3v) is 2.99. The minimum absolute atomic E-state index is 0.0893. The van der Waals surface area contributed by atoms with E-state index in [2.05, 4.69) is 10.6 Å². The second kappa shape index (κ2) is 5.52. The Morgan fingerprint density at radius 1 is 1.10 bits per heavy atom. The molecule has 0 unspecified atom stereocenters. The monoisotopic (exact) mass is 272 g/mol. The number of phenolic OH excluding ortho intramolecular Hbond substituents is 2. The van der Waals surface area contributed by atoms with Gasteiger partial charge in [-0.15, -0.1) is 0 Å². The maximum absolute atomic E-state index is 12.1. The average Bonchev–Trinajstić information content (AvgIpc) is 2.40. The lowest BCUT2D eigenvalue weighted by Gasteiger charge is -2.11. The molecule has 2 aromatic carbocycles. The van der Waals surface area contributed by atoms with Crippen molar-refractivity contribution in [1.82, 2.24) is 0 Å². The molecule has 2 aromatic rings. The number of carbonyl (C=O) groups excluding carboxylic acids is 1. The first-order chi connectivity index (χ1) is 9.51. The summed E-state index contributed by atoms with van der Waals surface area (Å²) in [5.74, 6) is -0.775. The summed E-state index contributed by atoms with van der Waals surface area (Å²) in [6.07, 6.45) is 0. The Morgan fingerprint density at radius 3 is 2.45 bits per heavy atom. The van der Waals surface area contributed by atoms with Crippen molar-refractivity contribution in [2.75, 3.05) is 17.7 Å². The van der Waals surface area contributed by atoms with Crippen molar-refractivity contribution in [1.29, 1.82) is 0 Å². The minimum Gasteiger partial charge on any atom is -0.508 e. The highest BCUT2D eigenvalue weighted by Crippen LogP contribution is 2.25. The molecular weight excluding hydrogens is 256 g/mol. The van der Waals surface area contributed by atoms with Crippen LogP contribution in [0.1, 0.15) is 15.9 Å². The normalized spacial score (nSPS) is 10.1. The SMILES string of the molecule is CNc1ccc(NC(=O)c2ccc(O)cc2O)c(C)c1. The molecule has 0 fully saturated rings. The highest BCUT2D eigenvalue weighted by atomic mass is 16.3. The van der Waals surface area contributed by atoms with E-state index in [4.69, 9.17) is 0 Å². The molecular formula is C15H16N2O3. The zero-order valence-electron chi connectivity index (χ0n) is 11.3. The number of amides is 1. The Bertz CT molecular complexity index is 654. The van der Waals surface area contributed by atoms with Crippen molar-refractivity contribution in [2.45, 2.75) is 6.92 Å². The molecule has 0 bridgehead atoms. The second-order valence-corrected chi connectivity index (χ2v) is 4.44. The van der Waals surface area contributed by atoms with E-state index in [0.717, 1.165) is 17.3 Å². The molecule has 0 aliphatic carbocycles.